The Balaban J connectivity index is 1.48. The van der Waals surface area contributed by atoms with Gasteiger partial charge < -0.3 is 10.0 Å². The Morgan fingerprint density at radius 3 is 2.70 bits per heavy atom. The van der Waals surface area contributed by atoms with Gasteiger partial charge in [-0.25, -0.2) is 9.31 Å². The number of benzene rings is 1. The highest BCUT2D eigenvalue weighted by atomic mass is 16.4. The number of hydrogen-bond donors (Lipinski definition) is 2. The zero-order valence-electron chi connectivity index (χ0n) is 16.9. The Morgan fingerprint density at radius 2 is 2.00 bits per heavy atom. The van der Waals surface area contributed by atoms with Gasteiger partial charge in [-0.2, -0.15) is 4.98 Å². The summed E-state index contributed by atoms with van der Waals surface area (Å²) in [5.74, 6) is 0.154. The molecule has 0 saturated carbocycles. The highest BCUT2D eigenvalue weighted by molar-refractivity contribution is 5.80. The second-order valence-corrected chi connectivity index (χ2v) is 7.55. The van der Waals surface area contributed by atoms with Crippen LogP contribution in [0.3, 0.4) is 0 Å². The summed E-state index contributed by atoms with van der Waals surface area (Å²) in [7, 11) is 1.87. The number of fused-ring (bicyclic) bond motifs is 1. The van der Waals surface area contributed by atoms with Crippen LogP contribution in [0.2, 0.25) is 0 Å². The number of likely N-dealkylation sites (N-methyl/N-ethyl adjacent to an activating group) is 1. The Hall–Kier alpha value is -3.46. The summed E-state index contributed by atoms with van der Waals surface area (Å²) in [5.41, 5.74) is 3.56. The number of carbonyl (C=O) groups excluding carboxylic acids is 1. The summed E-state index contributed by atoms with van der Waals surface area (Å²) in [5, 5.41) is 15.3. The first-order chi connectivity index (χ1) is 14.4. The molecule has 0 radical (unpaired) electrons. The van der Waals surface area contributed by atoms with E-state index in [1.165, 1.54) is 5.56 Å². The molecule has 2 amide bonds. The zero-order chi connectivity index (χ0) is 21.3. The van der Waals surface area contributed by atoms with E-state index in [9.17, 15) is 9.59 Å². The lowest BCUT2D eigenvalue weighted by molar-refractivity contribution is -0.129. The molecule has 4 rings (SSSR count). The molecule has 3 aromatic rings. The normalized spacial score (nSPS) is 16.7. The molecule has 0 spiro atoms. The van der Waals surface area contributed by atoms with Crippen molar-refractivity contribution in [3.05, 3.63) is 48.0 Å². The summed E-state index contributed by atoms with van der Waals surface area (Å²) in [6, 6.07) is 14.1. The lowest BCUT2D eigenvalue weighted by atomic mass is 10.1. The van der Waals surface area contributed by atoms with Gasteiger partial charge in [0.15, 0.2) is 5.65 Å². The number of anilines is 1. The van der Waals surface area contributed by atoms with E-state index in [4.69, 9.17) is 5.11 Å². The highest BCUT2D eigenvalue weighted by Crippen LogP contribution is 2.23. The van der Waals surface area contributed by atoms with Gasteiger partial charge in [-0.1, -0.05) is 30.3 Å². The fraction of sp³-hybridized carbons (Fsp3) is 0.333. The maximum atomic E-state index is 11.6. The van der Waals surface area contributed by atoms with Crippen LogP contribution in [0.25, 0.3) is 16.9 Å². The molecule has 1 saturated heterocycles. The first-order valence-electron chi connectivity index (χ1n) is 9.81. The molecule has 9 nitrogen and oxygen atoms in total. The Labute approximate surface area is 173 Å². The first kappa shape index (κ1) is 19.8. The van der Waals surface area contributed by atoms with Gasteiger partial charge >= 0.3 is 6.09 Å². The predicted molar refractivity (Wildman–Crippen MR) is 112 cm³/mol. The van der Waals surface area contributed by atoms with Gasteiger partial charge in [-0.05, 0) is 24.1 Å². The molecule has 1 fully saturated rings. The Bertz CT molecular complexity index is 1080. The van der Waals surface area contributed by atoms with Crippen LogP contribution in [0, 0.1) is 0 Å². The molecule has 156 valence electrons. The van der Waals surface area contributed by atoms with E-state index < -0.39 is 6.09 Å². The van der Waals surface area contributed by atoms with E-state index in [0.29, 0.717) is 5.65 Å². The Morgan fingerprint density at radius 1 is 1.23 bits per heavy atom. The molecule has 9 heteroatoms. The number of amides is 2. The minimum Gasteiger partial charge on any atom is -0.465 e. The van der Waals surface area contributed by atoms with E-state index in [1.54, 1.807) is 17.5 Å². The Kier molecular flexibility index (Phi) is 5.37. The molecule has 0 bridgehead atoms. The second-order valence-electron chi connectivity index (χ2n) is 7.55. The average molecular weight is 408 g/mol. The van der Waals surface area contributed by atoms with Crippen LogP contribution in [0.4, 0.5) is 10.7 Å². The topological polar surface area (TPSA) is 103 Å². The maximum absolute atomic E-state index is 11.6. The van der Waals surface area contributed by atoms with Gasteiger partial charge in [0, 0.05) is 45.2 Å². The summed E-state index contributed by atoms with van der Waals surface area (Å²) in [6.45, 7) is 4.30. The van der Waals surface area contributed by atoms with Crippen molar-refractivity contribution >= 4 is 23.6 Å². The van der Waals surface area contributed by atoms with Gasteiger partial charge in [0.2, 0.25) is 5.91 Å². The lowest BCUT2D eigenvalue weighted by Gasteiger charge is -2.23. The number of pyridine rings is 1. The third-order valence-corrected chi connectivity index (χ3v) is 5.53. The minimum absolute atomic E-state index is 0.0469. The van der Waals surface area contributed by atoms with Crippen LogP contribution in [-0.2, 0) is 11.3 Å². The maximum Gasteiger partial charge on any atom is 0.411 e. The number of carboxylic acid groups (broad SMARTS) is 1. The van der Waals surface area contributed by atoms with Crippen LogP contribution < -0.4 is 5.32 Å². The van der Waals surface area contributed by atoms with Gasteiger partial charge in [0.25, 0.3) is 5.95 Å². The summed E-state index contributed by atoms with van der Waals surface area (Å²) in [6.07, 6.45) is -0.203. The number of aromatic nitrogens is 3. The standard InChI is InChI=1S/C21H24N6O3/c1-14(28)25(2)17-10-11-26(13-17)12-15-6-8-16(9-7-15)18-4-3-5-19-22-20(23-21(29)30)24-27(18)19/h3-9,17H,10-13H2,1-2H3,(H,23,24)(H,29,30). The van der Waals surface area contributed by atoms with Crippen molar-refractivity contribution in [2.75, 3.05) is 25.5 Å². The van der Waals surface area contributed by atoms with Gasteiger partial charge in [-0.15, -0.1) is 5.10 Å². The quantitative estimate of drug-likeness (QED) is 0.673. The van der Waals surface area contributed by atoms with Crippen LogP contribution in [0.1, 0.15) is 18.9 Å². The van der Waals surface area contributed by atoms with Crippen molar-refractivity contribution < 1.29 is 14.7 Å². The molecule has 0 aliphatic carbocycles. The zero-order valence-corrected chi connectivity index (χ0v) is 16.9. The van der Waals surface area contributed by atoms with E-state index in [2.05, 4.69) is 32.4 Å². The minimum atomic E-state index is -1.20. The molecule has 1 atom stereocenters. The third kappa shape index (κ3) is 4.11. The van der Waals surface area contributed by atoms with Crippen molar-refractivity contribution in [3.8, 4) is 11.3 Å². The number of likely N-dealkylation sites (tertiary alicyclic amines) is 1. The van der Waals surface area contributed by atoms with Crippen molar-refractivity contribution in [3.63, 3.8) is 0 Å². The molecule has 1 aliphatic rings. The summed E-state index contributed by atoms with van der Waals surface area (Å²) >= 11 is 0. The molecule has 2 N–H and O–H groups in total. The van der Waals surface area contributed by atoms with Crippen LogP contribution in [0.5, 0.6) is 0 Å². The summed E-state index contributed by atoms with van der Waals surface area (Å²) in [4.78, 5) is 30.8. The first-order valence-corrected chi connectivity index (χ1v) is 9.81. The largest absolute Gasteiger partial charge is 0.465 e. The van der Waals surface area contributed by atoms with Gasteiger partial charge in [-0.3, -0.25) is 15.0 Å². The van der Waals surface area contributed by atoms with E-state index >= 15 is 0 Å². The highest BCUT2D eigenvalue weighted by Gasteiger charge is 2.26. The van der Waals surface area contributed by atoms with Crippen LogP contribution in [0.15, 0.2) is 42.5 Å². The monoisotopic (exact) mass is 408 g/mol. The van der Waals surface area contributed by atoms with E-state index in [-0.39, 0.29) is 17.9 Å². The molecule has 1 unspecified atom stereocenters. The molecular formula is C21H24N6O3. The number of carbonyl (C=O) groups is 2. The molecule has 1 aromatic carbocycles. The number of nitrogens with one attached hydrogen (secondary N) is 1. The number of hydrogen-bond acceptors (Lipinski definition) is 5. The van der Waals surface area contributed by atoms with Crippen LogP contribution in [-0.4, -0.2) is 67.7 Å². The van der Waals surface area contributed by atoms with E-state index in [1.807, 2.05) is 36.2 Å². The number of rotatable bonds is 5. The predicted octanol–water partition coefficient (Wildman–Crippen LogP) is 2.54. The van der Waals surface area contributed by atoms with Crippen molar-refractivity contribution in [1.82, 2.24) is 24.4 Å². The van der Waals surface area contributed by atoms with Crippen molar-refractivity contribution in [2.45, 2.75) is 25.9 Å². The molecule has 2 aromatic heterocycles. The van der Waals surface area contributed by atoms with Crippen molar-refractivity contribution in [1.29, 1.82) is 0 Å². The van der Waals surface area contributed by atoms with Crippen molar-refractivity contribution in [2.24, 2.45) is 0 Å². The summed E-state index contributed by atoms with van der Waals surface area (Å²) < 4.78 is 1.63. The fourth-order valence-corrected chi connectivity index (χ4v) is 3.84. The van der Waals surface area contributed by atoms with Crippen LogP contribution >= 0.6 is 0 Å². The smallest absolute Gasteiger partial charge is 0.411 e. The fourth-order valence-electron chi connectivity index (χ4n) is 3.84. The molecule has 1 aliphatic heterocycles. The third-order valence-electron chi connectivity index (χ3n) is 5.53. The van der Waals surface area contributed by atoms with Gasteiger partial charge in [0.05, 0.1) is 5.69 Å². The van der Waals surface area contributed by atoms with E-state index in [0.717, 1.165) is 37.3 Å². The molecule has 3 heterocycles. The number of nitrogens with zero attached hydrogens (tertiary/aromatic N) is 5. The SMILES string of the molecule is CC(=O)N(C)C1CCN(Cc2ccc(-c3cccc4nc(NC(=O)O)nn34)cc2)C1. The second kappa shape index (κ2) is 8.11. The molecular weight excluding hydrogens is 384 g/mol. The molecule has 30 heavy (non-hydrogen) atoms. The average Bonchev–Trinajstić information content (AvgIpc) is 3.33. The lowest BCUT2D eigenvalue weighted by Crippen LogP contribution is -2.37. The van der Waals surface area contributed by atoms with Gasteiger partial charge in [0.1, 0.15) is 0 Å².